The summed E-state index contributed by atoms with van der Waals surface area (Å²) in [6.45, 7) is 6.64. The molecule has 0 rings (SSSR count). The number of carbonyl (C=O) groups excluding carboxylic acids is 3. The Morgan fingerprint density at radius 3 is 0.720 bits per heavy atom. The molecule has 82 heavy (non-hydrogen) atoms. The average molecular weight is 1150 g/mol. The van der Waals surface area contributed by atoms with Crippen LogP contribution in [0.25, 0.3) is 0 Å². The Labute approximate surface area is 510 Å². The highest BCUT2D eigenvalue weighted by Gasteiger charge is 2.19. The first-order valence-corrected chi connectivity index (χ1v) is 36.3. The van der Waals surface area contributed by atoms with Crippen molar-refractivity contribution in [3.63, 3.8) is 0 Å². The maximum atomic E-state index is 12.9. The number of rotatable bonds is 67. The average Bonchev–Trinajstić information content (AvgIpc) is 3.47. The van der Waals surface area contributed by atoms with E-state index in [-0.39, 0.29) is 31.1 Å². The molecule has 0 aromatic heterocycles. The monoisotopic (exact) mass is 1150 g/mol. The van der Waals surface area contributed by atoms with Crippen LogP contribution in [0, 0.1) is 0 Å². The standard InChI is InChI=1S/C76H138O6/c1-4-7-10-13-16-19-22-25-28-31-32-33-34-35-36-37-38-39-40-41-42-43-44-46-48-51-54-57-60-63-66-69-75(78)81-72-73(71-80-74(77)68-65-62-59-56-53-50-47-30-27-24-21-18-15-12-9-6-3)82-76(79)70-67-64-61-58-55-52-49-45-29-26-23-20-17-14-11-8-5-2/h17,20-21,24,26,29-32,47,73H,4-16,18-19,22-23,25,27-28,33-46,48-72H2,1-3H3/b20-17-,24-21-,29-26-,32-31-,47-30-. The van der Waals surface area contributed by atoms with Crippen molar-refractivity contribution in [2.24, 2.45) is 0 Å². The number of ether oxygens (including phenoxy) is 3. The fraction of sp³-hybridized carbons (Fsp3) is 0.829. The first kappa shape index (κ1) is 79.1. The number of hydrogen-bond acceptors (Lipinski definition) is 6. The van der Waals surface area contributed by atoms with E-state index < -0.39 is 6.10 Å². The highest BCUT2D eigenvalue weighted by atomic mass is 16.6. The Balaban J connectivity index is 4.21. The molecule has 478 valence electrons. The predicted molar refractivity (Wildman–Crippen MR) is 358 cm³/mol. The van der Waals surface area contributed by atoms with Crippen molar-refractivity contribution in [1.29, 1.82) is 0 Å². The van der Waals surface area contributed by atoms with Gasteiger partial charge < -0.3 is 14.2 Å². The van der Waals surface area contributed by atoms with E-state index >= 15 is 0 Å². The first-order valence-electron chi connectivity index (χ1n) is 36.3. The van der Waals surface area contributed by atoms with Crippen LogP contribution in [0.5, 0.6) is 0 Å². The molecular formula is C76H138O6. The maximum absolute atomic E-state index is 12.9. The van der Waals surface area contributed by atoms with Crippen molar-refractivity contribution >= 4 is 17.9 Å². The lowest BCUT2D eigenvalue weighted by Gasteiger charge is -2.18. The molecule has 0 saturated carbocycles. The zero-order valence-corrected chi connectivity index (χ0v) is 55.0. The number of allylic oxidation sites excluding steroid dienone is 10. The molecule has 0 aliphatic carbocycles. The van der Waals surface area contributed by atoms with Gasteiger partial charge in [-0.05, 0) is 109 Å². The van der Waals surface area contributed by atoms with Gasteiger partial charge in [0.1, 0.15) is 13.2 Å². The van der Waals surface area contributed by atoms with E-state index in [1.54, 1.807) is 0 Å². The highest BCUT2D eigenvalue weighted by molar-refractivity contribution is 5.71. The molecular weight excluding hydrogens is 1010 g/mol. The van der Waals surface area contributed by atoms with Crippen molar-refractivity contribution in [2.45, 2.75) is 393 Å². The Hall–Kier alpha value is -2.89. The Bertz CT molecular complexity index is 1460. The lowest BCUT2D eigenvalue weighted by molar-refractivity contribution is -0.167. The molecule has 0 aromatic carbocycles. The lowest BCUT2D eigenvalue weighted by atomic mass is 10.0. The zero-order valence-electron chi connectivity index (χ0n) is 55.0. The molecule has 0 heterocycles. The number of unbranched alkanes of at least 4 members (excludes halogenated alkanes) is 46. The topological polar surface area (TPSA) is 78.9 Å². The fourth-order valence-electron chi connectivity index (χ4n) is 10.7. The van der Waals surface area contributed by atoms with Crippen LogP contribution in [0.1, 0.15) is 387 Å². The smallest absolute Gasteiger partial charge is 0.306 e. The zero-order chi connectivity index (χ0) is 59.2. The van der Waals surface area contributed by atoms with Crippen molar-refractivity contribution in [1.82, 2.24) is 0 Å². The summed E-state index contributed by atoms with van der Waals surface area (Å²) in [5.41, 5.74) is 0. The predicted octanol–water partition coefficient (Wildman–Crippen LogP) is 25.1. The first-order chi connectivity index (χ1) is 40.5. The van der Waals surface area contributed by atoms with Crippen LogP contribution < -0.4 is 0 Å². The molecule has 1 unspecified atom stereocenters. The van der Waals surface area contributed by atoms with Crippen molar-refractivity contribution in [2.75, 3.05) is 13.2 Å². The van der Waals surface area contributed by atoms with Gasteiger partial charge in [-0.3, -0.25) is 14.4 Å². The van der Waals surface area contributed by atoms with Gasteiger partial charge in [-0.1, -0.05) is 319 Å². The molecule has 0 spiro atoms. The van der Waals surface area contributed by atoms with Crippen molar-refractivity contribution in [3.05, 3.63) is 60.8 Å². The second kappa shape index (κ2) is 70.6. The normalized spacial score (nSPS) is 12.4. The third kappa shape index (κ3) is 67.9. The maximum Gasteiger partial charge on any atom is 0.306 e. The summed E-state index contributed by atoms with van der Waals surface area (Å²) >= 11 is 0. The molecule has 1 atom stereocenters. The lowest BCUT2D eigenvalue weighted by Crippen LogP contribution is -2.30. The van der Waals surface area contributed by atoms with Crippen LogP contribution in [0.15, 0.2) is 60.8 Å². The quantitative estimate of drug-likeness (QED) is 0.0261. The third-order valence-electron chi connectivity index (χ3n) is 16.2. The van der Waals surface area contributed by atoms with E-state index in [1.165, 1.54) is 257 Å². The summed E-state index contributed by atoms with van der Waals surface area (Å²) in [5, 5.41) is 0. The van der Waals surface area contributed by atoms with Crippen LogP contribution in [0.2, 0.25) is 0 Å². The van der Waals surface area contributed by atoms with Gasteiger partial charge >= 0.3 is 17.9 Å². The van der Waals surface area contributed by atoms with Crippen LogP contribution in [-0.2, 0) is 28.6 Å². The second-order valence-electron chi connectivity index (χ2n) is 24.5. The molecule has 0 aliphatic rings. The Morgan fingerprint density at radius 2 is 0.439 bits per heavy atom. The van der Waals surface area contributed by atoms with E-state index in [1.807, 2.05) is 0 Å². The minimum atomic E-state index is -0.785. The summed E-state index contributed by atoms with van der Waals surface area (Å²) in [7, 11) is 0. The van der Waals surface area contributed by atoms with Crippen molar-refractivity contribution < 1.29 is 28.6 Å². The molecule has 0 aromatic rings. The molecule has 0 saturated heterocycles. The summed E-state index contributed by atoms with van der Waals surface area (Å²) in [6, 6.07) is 0. The number of carbonyl (C=O) groups is 3. The summed E-state index contributed by atoms with van der Waals surface area (Å²) in [5.74, 6) is -0.878. The molecule has 0 amide bonds. The third-order valence-corrected chi connectivity index (χ3v) is 16.2. The van der Waals surface area contributed by atoms with Gasteiger partial charge in [0.05, 0.1) is 0 Å². The minimum Gasteiger partial charge on any atom is -0.462 e. The number of hydrogen-bond donors (Lipinski definition) is 0. The summed E-state index contributed by atoms with van der Waals surface area (Å²) < 4.78 is 17.0. The minimum absolute atomic E-state index is 0.0787. The summed E-state index contributed by atoms with van der Waals surface area (Å²) in [6.07, 6.45) is 91.2. The molecule has 6 nitrogen and oxygen atoms in total. The van der Waals surface area contributed by atoms with Crippen molar-refractivity contribution in [3.8, 4) is 0 Å². The second-order valence-corrected chi connectivity index (χ2v) is 24.5. The van der Waals surface area contributed by atoms with Gasteiger partial charge in [-0.25, -0.2) is 0 Å². The van der Waals surface area contributed by atoms with Gasteiger partial charge in [0.25, 0.3) is 0 Å². The van der Waals surface area contributed by atoms with Gasteiger partial charge in [-0.2, -0.15) is 0 Å². The molecule has 0 fully saturated rings. The molecule has 0 bridgehead atoms. The SMILES string of the molecule is CCCCC/C=C\C/C=C\CCCCCCCCCC(=O)OC(COC(=O)CCCCCCC/C=C\C/C=C\CCCCCC)COC(=O)CCCCCCCCCCCCCCCCCCCCC/C=C\CCCCCCCCCC. The Morgan fingerprint density at radius 1 is 0.244 bits per heavy atom. The molecule has 0 N–H and O–H groups in total. The van der Waals surface area contributed by atoms with Gasteiger partial charge in [-0.15, -0.1) is 0 Å². The molecule has 0 radical (unpaired) electrons. The Kier molecular flexibility index (Phi) is 68.1. The van der Waals surface area contributed by atoms with Crippen LogP contribution in [-0.4, -0.2) is 37.2 Å². The largest absolute Gasteiger partial charge is 0.462 e. The van der Waals surface area contributed by atoms with Gasteiger partial charge in [0.2, 0.25) is 0 Å². The molecule has 0 aliphatic heterocycles. The van der Waals surface area contributed by atoms with E-state index in [9.17, 15) is 14.4 Å². The van der Waals surface area contributed by atoms with E-state index in [2.05, 4.69) is 81.5 Å². The van der Waals surface area contributed by atoms with Gasteiger partial charge in [0, 0.05) is 19.3 Å². The van der Waals surface area contributed by atoms with E-state index in [0.29, 0.717) is 19.3 Å². The van der Waals surface area contributed by atoms with E-state index in [4.69, 9.17) is 14.2 Å². The van der Waals surface area contributed by atoms with Crippen LogP contribution in [0.3, 0.4) is 0 Å². The highest BCUT2D eigenvalue weighted by Crippen LogP contribution is 2.18. The number of esters is 3. The molecule has 6 heteroatoms. The van der Waals surface area contributed by atoms with Gasteiger partial charge in [0.15, 0.2) is 6.10 Å². The summed E-state index contributed by atoms with van der Waals surface area (Å²) in [4.78, 5) is 38.4. The van der Waals surface area contributed by atoms with Crippen LogP contribution >= 0.6 is 0 Å². The van der Waals surface area contributed by atoms with Crippen LogP contribution in [0.4, 0.5) is 0 Å². The fourth-order valence-corrected chi connectivity index (χ4v) is 10.7. The van der Waals surface area contributed by atoms with E-state index in [0.717, 1.165) is 89.9 Å².